The zero-order valence-electron chi connectivity index (χ0n) is 10.4. The first-order valence-electron chi connectivity index (χ1n) is 5.99. The van der Waals surface area contributed by atoms with Gasteiger partial charge in [0.15, 0.2) is 0 Å². The third kappa shape index (κ3) is 4.56. The van der Waals surface area contributed by atoms with Crippen LogP contribution in [-0.2, 0) is 6.61 Å². The highest BCUT2D eigenvalue weighted by atomic mass is 32.2. The van der Waals surface area contributed by atoms with E-state index in [1.165, 1.54) is 22.7 Å². The molecule has 0 saturated carbocycles. The summed E-state index contributed by atoms with van der Waals surface area (Å²) in [5, 5.41) is 8.95. The van der Waals surface area contributed by atoms with Gasteiger partial charge in [0.2, 0.25) is 0 Å². The van der Waals surface area contributed by atoms with E-state index in [4.69, 9.17) is 5.11 Å². The molecule has 4 heteroatoms. The van der Waals surface area contributed by atoms with Crippen LogP contribution < -0.4 is 0 Å². The van der Waals surface area contributed by atoms with Crippen LogP contribution in [0.1, 0.15) is 5.56 Å². The van der Waals surface area contributed by atoms with Crippen molar-refractivity contribution in [2.24, 2.45) is 0 Å². The third-order valence-corrected chi connectivity index (χ3v) is 4.87. The van der Waals surface area contributed by atoms with E-state index < -0.39 is 0 Å². The van der Waals surface area contributed by atoms with Crippen molar-refractivity contribution in [3.05, 3.63) is 59.9 Å². The van der Waals surface area contributed by atoms with Crippen LogP contribution in [0.2, 0.25) is 0 Å². The summed E-state index contributed by atoms with van der Waals surface area (Å²) in [4.78, 5) is 1.88. The number of rotatable bonds is 6. The van der Waals surface area contributed by atoms with Gasteiger partial charge < -0.3 is 5.11 Å². The van der Waals surface area contributed by atoms with Gasteiger partial charge in [0, 0.05) is 21.3 Å². The molecule has 0 heterocycles. The Labute approximate surface area is 121 Å². The number of thioether (sulfide) groups is 2. The van der Waals surface area contributed by atoms with Crippen LogP contribution in [0, 0.1) is 5.82 Å². The Morgan fingerprint density at radius 3 is 2.26 bits per heavy atom. The molecular formula is C15H15FOS2. The van der Waals surface area contributed by atoms with Crippen LogP contribution in [0.3, 0.4) is 0 Å². The quantitative estimate of drug-likeness (QED) is 0.637. The van der Waals surface area contributed by atoms with E-state index in [9.17, 15) is 4.39 Å². The Morgan fingerprint density at radius 1 is 0.895 bits per heavy atom. The maximum atomic E-state index is 13.4. The average molecular weight is 294 g/mol. The van der Waals surface area contributed by atoms with Crippen molar-refractivity contribution in [2.75, 3.05) is 11.5 Å². The van der Waals surface area contributed by atoms with E-state index in [0.717, 1.165) is 17.1 Å². The van der Waals surface area contributed by atoms with Gasteiger partial charge in [-0.2, -0.15) is 0 Å². The molecule has 0 spiro atoms. The van der Waals surface area contributed by atoms with Gasteiger partial charge in [-0.25, -0.2) is 4.39 Å². The van der Waals surface area contributed by atoms with Gasteiger partial charge in [-0.15, -0.1) is 23.5 Å². The van der Waals surface area contributed by atoms with Crippen molar-refractivity contribution in [1.82, 2.24) is 0 Å². The third-order valence-electron chi connectivity index (χ3n) is 2.55. The van der Waals surface area contributed by atoms with E-state index in [0.29, 0.717) is 4.90 Å². The first-order chi connectivity index (χ1) is 9.29. The molecule has 0 amide bonds. The highest BCUT2D eigenvalue weighted by molar-refractivity contribution is 8.03. The minimum Gasteiger partial charge on any atom is -0.392 e. The molecule has 1 nitrogen and oxygen atoms in total. The SMILES string of the molecule is OCc1ccc(SCCSc2ccccc2F)cc1. The van der Waals surface area contributed by atoms with Crippen LogP contribution in [0.15, 0.2) is 58.3 Å². The highest BCUT2D eigenvalue weighted by Crippen LogP contribution is 2.25. The van der Waals surface area contributed by atoms with Gasteiger partial charge >= 0.3 is 0 Å². The zero-order chi connectivity index (χ0) is 13.5. The van der Waals surface area contributed by atoms with Crippen LogP contribution >= 0.6 is 23.5 Å². The molecule has 0 aliphatic heterocycles. The summed E-state index contributed by atoms with van der Waals surface area (Å²) in [7, 11) is 0. The van der Waals surface area contributed by atoms with Crippen molar-refractivity contribution in [1.29, 1.82) is 0 Å². The minimum absolute atomic E-state index is 0.0775. The molecule has 0 aliphatic rings. The number of halogens is 1. The monoisotopic (exact) mass is 294 g/mol. The molecule has 19 heavy (non-hydrogen) atoms. The predicted molar refractivity (Wildman–Crippen MR) is 80.2 cm³/mol. The van der Waals surface area contributed by atoms with Crippen molar-refractivity contribution in [2.45, 2.75) is 16.4 Å². The highest BCUT2D eigenvalue weighted by Gasteiger charge is 2.01. The summed E-state index contributed by atoms with van der Waals surface area (Å²) < 4.78 is 13.4. The molecule has 0 bridgehead atoms. The van der Waals surface area contributed by atoms with Crippen LogP contribution in [-0.4, -0.2) is 16.6 Å². The molecular weight excluding hydrogens is 279 g/mol. The summed E-state index contributed by atoms with van der Waals surface area (Å²) in [6.07, 6.45) is 0. The van der Waals surface area contributed by atoms with Crippen molar-refractivity contribution in [3.8, 4) is 0 Å². The van der Waals surface area contributed by atoms with Crippen molar-refractivity contribution >= 4 is 23.5 Å². The van der Waals surface area contributed by atoms with Crippen LogP contribution in [0.5, 0.6) is 0 Å². The Kier molecular flexibility index (Phi) is 5.76. The average Bonchev–Trinajstić information content (AvgIpc) is 2.46. The Hall–Kier alpha value is -0.970. The van der Waals surface area contributed by atoms with Crippen molar-refractivity contribution < 1.29 is 9.50 Å². The summed E-state index contributed by atoms with van der Waals surface area (Å²) in [5.74, 6) is 1.65. The van der Waals surface area contributed by atoms with E-state index in [1.54, 1.807) is 23.9 Å². The van der Waals surface area contributed by atoms with E-state index in [1.807, 2.05) is 30.3 Å². The van der Waals surface area contributed by atoms with Gasteiger partial charge in [-0.05, 0) is 29.8 Å². The zero-order valence-corrected chi connectivity index (χ0v) is 12.0. The fourth-order valence-electron chi connectivity index (χ4n) is 1.56. The molecule has 0 atom stereocenters. The fraction of sp³-hybridized carbons (Fsp3) is 0.200. The van der Waals surface area contributed by atoms with Crippen LogP contribution in [0.4, 0.5) is 4.39 Å². The van der Waals surface area contributed by atoms with Gasteiger partial charge in [0.25, 0.3) is 0 Å². The van der Waals surface area contributed by atoms with Gasteiger partial charge in [-0.1, -0.05) is 24.3 Å². The number of hydrogen-bond donors (Lipinski definition) is 1. The number of aliphatic hydroxyl groups excluding tert-OH is 1. The lowest BCUT2D eigenvalue weighted by atomic mass is 10.2. The molecule has 0 aliphatic carbocycles. The van der Waals surface area contributed by atoms with Gasteiger partial charge in [0.1, 0.15) is 5.82 Å². The lowest BCUT2D eigenvalue weighted by molar-refractivity contribution is 0.282. The molecule has 0 radical (unpaired) electrons. The van der Waals surface area contributed by atoms with E-state index >= 15 is 0 Å². The van der Waals surface area contributed by atoms with Crippen molar-refractivity contribution in [3.63, 3.8) is 0 Å². The molecule has 2 aromatic rings. The lowest BCUT2D eigenvalue weighted by Crippen LogP contribution is -1.87. The molecule has 0 aromatic heterocycles. The predicted octanol–water partition coefficient (Wildman–Crippen LogP) is 4.20. The molecule has 100 valence electrons. The lowest BCUT2D eigenvalue weighted by Gasteiger charge is -2.04. The molecule has 0 fully saturated rings. The minimum atomic E-state index is -0.148. The normalized spacial score (nSPS) is 10.6. The molecule has 1 N–H and O–H groups in total. The van der Waals surface area contributed by atoms with Crippen LogP contribution in [0.25, 0.3) is 0 Å². The van der Waals surface area contributed by atoms with Gasteiger partial charge in [0.05, 0.1) is 6.61 Å². The first-order valence-corrected chi connectivity index (χ1v) is 7.96. The second-order valence-electron chi connectivity index (χ2n) is 3.93. The van der Waals surface area contributed by atoms with Gasteiger partial charge in [-0.3, -0.25) is 0 Å². The first kappa shape index (κ1) is 14.4. The Morgan fingerprint density at radius 2 is 1.58 bits per heavy atom. The number of aliphatic hydroxyl groups is 1. The smallest absolute Gasteiger partial charge is 0.136 e. The summed E-state index contributed by atoms with van der Waals surface area (Å²) >= 11 is 3.28. The summed E-state index contributed by atoms with van der Waals surface area (Å²) in [6, 6.07) is 14.7. The number of hydrogen-bond acceptors (Lipinski definition) is 3. The molecule has 2 rings (SSSR count). The Bertz CT molecular complexity index is 514. The van der Waals surface area contributed by atoms with E-state index in [-0.39, 0.29) is 12.4 Å². The maximum absolute atomic E-state index is 13.4. The fourth-order valence-corrected chi connectivity index (χ4v) is 3.40. The second kappa shape index (κ2) is 7.58. The standard InChI is InChI=1S/C15H15FOS2/c16-14-3-1-2-4-15(14)19-10-9-18-13-7-5-12(11-17)6-8-13/h1-8,17H,9-11H2. The summed E-state index contributed by atoms with van der Waals surface area (Å²) in [5.41, 5.74) is 0.921. The summed E-state index contributed by atoms with van der Waals surface area (Å²) in [6.45, 7) is 0.0775. The van der Waals surface area contributed by atoms with E-state index in [2.05, 4.69) is 0 Å². The molecule has 2 aromatic carbocycles. The maximum Gasteiger partial charge on any atom is 0.136 e. The topological polar surface area (TPSA) is 20.2 Å². The molecule has 0 unspecified atom stereocenters. The Balaban J connectivity index is 1.76. The molecule has 0 saturated heterocycles. The number of benzene rings is 2. The largest absolute Gasteiger partial charge is 0.392 e. The second-order valence-corrected chi connectivity index (χ2v) is 6.23.